The second-order valence-electron chi connectivity index (χ2n) is 4.46. The first kappa shape index (κ1) is 13.0. The van der Waals surface area contributed by atoms with Gasteiger partial charge in [0.1, 0.15) is 0 Å². The third-order valence-electron chi connectivity index (χ3n) is 3.04. The molecule has 3 aromatic rings. The molecule has 3 heterocycles. The van der Waals surface area contributed by atoms with Crippen molar-refractivity contribution in [2.24, 2.45) is 0 Å². The van der Waals surface area contributed by atoms with Crippen LogP contribution in [0, 0.1) is 4.77 Å². The van der Waals surface area contributed by atoms with Crippen molar-refractivity contribution in [1.82, 2.24) is 14.5 Å². The van der Waals surface area contributed by atoms with Gasteiger partial charge in [0.25, 0.3) is 0 Å². The van der Waals surface area contributed by atoms with Gasteiger partial charge in [-0.25, -0.2) is 4.98 Å². The zero-order chi connectivity index (χ0) is 13.4. The topological polar surface area (TPSA) is 33.6 Å². The Bertz CT molecular complexity index is 758. The Hall–Kier alpha value is -0.980. The van der Waals surface area contributed by atoms with Gasteiger partial charge in [-0.15, -0.1) is 11.3 Å². The number of hydrogen-bond acceptors (Lipinski definition) is 3. The zero-order valence-electron chi connectivity index (χ0n) is 10.3. The molecule has 0 spiro atoms. The SMILES string of the molecule is CC(Cc1cccs1)n1c(=S)[nH]c2cc(Br)cnc21. The Morgan fingerprint density at radius 2 is 2.42 bits per heavy atom. The van der Waals surface area contributed by atoms with Crippen LogP contribution < -0.4 is 0 Å². The Morgan fingerprint density at radius 3 is 3.16 bits per heavy atom. The highest BCUT2D eigenvalue weighted by Crippen LogP contribution is 2.24. The summed E-state index contributed by atoms with van der Waals surface area (Å²) in [6, 6.07) is 6.53. The van der Waals surface area contributed by atoms with Crippen LogP contribution in [0.1, 0.15) is 17.8 Å². The largest absolute Gasteiger partial charge is 0.329 e. The van der Waals surface area contributed by atoms with Crippen LogP contribution in [-0.4, -0.2) is 14.5 Å². The predicted molar refractivity (Wildman–Crippen MR) is 85.4 cm³/mol. The van der Waals surface area contributed by atoms with E-state index in [0.717, 1.165) is 26.8 Å². The maximum atomic E-state index is 5.42. The standard InChI is InChI=1S/C13H12BrN3S2/c1-8(5-10-3-2-4-19-10)17-12-11(16-13(17)18)6-9(14)7-15-12/h2-4,6-8H,5H2,1H3,(H,16,18). The van der Waals surface area contributed by atoms with Crippen LogP contribution in [0.3, 0.4) is 0 Å². The van der Waals surface area contributed by atoms with E-state index in [2.05, 4.69) is 54.9 Å². The summed E-state index contributed by atoms with van der Waals surface area (Å²) in [6.45, 7) is 2.17. The fraction of sp³-hybridized carbons (Fsp3) is 0.231. The van der Waals surface area contributed by atoms with Gasteiger partial charge in [0, 0.05) is 28.0 Å². The molecule has 1 unspecified atom stereocenters. The molecule has 0 aliphatic carbocycles. The second-order valence-corrected chi connectivity index (χ2v) is 6.79. The molecular weight excluding hydrogens is 342 g/mol. The highest BCUT2D eigenvalue weighted by molar-refractivity contribution is 9.10. The van der Waals surface area contributed by atoms with E-state index in [9.17, 15) is 0 Å². The van der Waals surface area contributed by atoms with Gasteiger partial charge >= 0.3 is 0 Å². The summed E-state index contributed by atoms with van der Waals surface area (Å²) in [7, 11) is 0. The minimum Gasteiger partial charge on any atom is -0.329 e. The van der Waals surface area contributed by atoms with Gasteiger partial charge < -0.3 is 4.98 Å². The number of pyridine rings is 1. The van der Waals surface area contributed by atoms with Crippen molar-refractivity contribution in [3.05, 3.63) is 43.9 Å². The molecule has 0 fully saturated rings. The number of aromatic nitrogens is 3. The van der Waals surface area contributed by atoms with Crippen molar-refractivity contribution in [3.8, 4) is 0 Å². The lowest BCUT2D eigenvalue weighted by Gasteiger charge is -2.12. The summed E-state index contributed by atoms with van der Waals surface area (Å²) in [5.41, 5.74) is 1.88. The fourth-order valence-electron chi connectivity index (χ4n) is 2.21. The Labute approximate surface area is 128 Å². The number of nitrogens with one attached hydrogen (secondary N) is 1. The second kappa shape index (κ2) is 5.19. The molecule has 0 radical (unpaired) electrons. The van der Waals surface area contributed by atoms with E-state index in [1.807, 2.05) is 6.07 Å². The number of rotatable bonds is 3. The number of aromatic amines is 1. The van der Waals surface area contributed by atoms with Gasteiger partial charge in [0.2, 0.25) is 0 Å². The lowest BCUT2D eigenvalue weighted by molar-refractivity contribution is 0.553. The maximum absolute atomic E-state index is 5.42. The molecule has 19 heavy (non-hydrogen) atoms. The summed E-state index contributed by atoms with van der Waals surface area (Å²) >= 11 is 10.6. The molecule has 0 bridgehead atoms. The molecule has 98 valence electrons. The highest BCUT2D eigenvalue weighted by atomic mass is 79.9. The summed E-state index contributed by atoms with van der Waals surface area (Å²) in [5, 5.41) is 2.10. The predicted octanol–water partition coefficient (Wildman–Crippen LogP) is 4.72. The quantitative estimate of drug-likeness (QED) is 0.691. The number of imidazole rings is 1. The molecule has 0 saturated carbocycles. The van der Waals surface area contributed by atoms with Crippen molar-refractivity contribution >= 4 is 50.6 Å². The van der Waals surface area contributed by atoms with Crippen molar-refractivity contribution < 1.29 is 0 Å². The number of thiophene rings is 1. The van der Waals surface area contributed by atoms with Crippen LogP contribution in [0.2, 0.25) is 0 Å². The van der Waals surface area contributed by atoms with Gasteiger partial charge in [0.15, 0.2) is 10.4 Å². The van der Waals surface area contributed by atoms with E-state index in [0.29, 0.717) is 0 Å². The lowest BCUT2D eigenvalue weighted by atomic mass is 10.2. The summed E-state index contributed by atoms with van der Waals surface area (Å²) in [4.78, 5) is 9.05. The zero-order valence-corrected chi connectivity index (χ0v) is 13.5. The Kier molecular flexibility index (Phi) is 3.56. The molecule has 3 aromatic heterocycles. The third kappa shape index (κ3) is 2.52. The van der Waals surface area contributed by atoms with Gasteiger partial charge in [-0.2, -0.15) is 0 Å². The van der Waals surface area contributed by atoms with Crippen molar-refractivity contribution in [2.45, 2.75) is 19.4 Å². The average molecular weight is 354 g/mol. The van der Waals surface area contributed by atoms with Crippen LogP contribution in [0.25, 0.3) is 11.2 Å². The molecule has 3 rings (SSSR count). The first-order chi connectivity index (χ1) is 9.15. The lowest BCUT2D eigenvalue weighted by Crippen LogP contribution is -2.08. The fourth-order valence-corrected chi connectivity index (χ4v) is 3.74. The Morgan fingerprint density at radius 1 is 1.58 bits per heavy atom. The van der Waals surface area contributed by atoms with Gasteiger partial charge in [-0.05, 0) is 52.6 Å². The minimum absolute atomic E-state index is 0.286. The third-order valence-corrected chi connectivity index (χ3v) is 4.67. The highest BCUT2D eigenvalue weighted by Gasteiger charge is 2.13. The van der Waals surface area contributed by atoms with Crippen LogP contribution >= 0.6 is 39.5 Å². The molecular formula is C13H12BrN3S2. The van der Waals surface area contributed by atoms with Gasteiger partial charge in [0.05, 0.1) is 5.52 Å². The minimum atomic E-state index is 0.286. The molecule has 1 N–H and O–H groups in total. The van der Waals surface area contributed by atoms with Crippen molar-refractivity contribution in [1.29, 1.82) is 0 Å². The van der Waals surface area contributed by atoms with E-state index in [-0.39, 0.29) is 6.04 Å². The molecule has 0 aromatic carbocycles. The van der Waals surface area contributed by atoms with Gasteiger partial charge in [-0.1, -0.05) is 6.07 Å². The van der Waals surface area contributed by atoms with Crippen LogP contribution in [0.5, 0.6) is 0 Å². The molecule has 0 aliphatic heterocycles. The molecule has 0 amide bonds. The monoisotopic (exact) mass is 353 g/mol. The van der Waals surface area contributed by atoms with E-state index in [1.165, 1.54) is 4.88 Å². The first-order valence-corrected chi connectivity index (χ1v) is 8.01. The number of halogens is 1. The average Bonchev–Trinajstić information content (AvgIpc) is 2.95. The van der Waals surface area contributed by atoms with E-state index in [4.69, 9.17) is 12.2 Å². The van der Waals surface area contributed by atoms with E-state index < -0.39 is 0 Å². The number of hydrogen-bond donors (Lipinski definition) is 1. The van der Waals surface area contributed by atoms with Crippen molar-refractivity contribution in [2.75, 3.05) is 0 Å². The number of H-pyrrole nitrogens is 1. The van der Waals surface area contributed by atoms with Crippen LogP contribution in [0.4, 0.5) is 0 Å². The van der Waals surface area contributed by atoms with Gasteiger partial charge in [-0.3, -0.25) is 4.57 Å². The molecule has 6 heteroatoms. The Balaban J connectivity index is 2.04. The maximum Gasteiger partial charge on any atom is 0.179 e. The van der Waals surface area contributed by atoms with E-state index >= 15 is 0 Å². The molecule has 0 saturated heterocycles. The van der Waals surface area contributed by atoms with Crippen LogP contribution in [-0.2, 0) is 6.42 Å². The normalized spacial score (nSPS) is 12.9. The molecule has 1 atom stereocenters. The summed E-state index contributed by atoms with van der Waals surface area (Å²) in [6.07, 6.45) is 2.77. The number of fused-ring (bicyclic) bond motifs is 1. The van der Waals surface area contributed by atoms with Crippen LogP contribution in [0.15, 0.2) is 34.2 Å². The molecule has 3 nitrogen and oxygen atoms in total. The van der Waals surface area contributed by atoms with Crippen molar-refractivity contribution in [3.63, 3.8) is 0 Å². The first-order valence-electron chi connectivity index (χ1n) is 5.93. The smallest absolute Gasteiger partial charge is 0.179 e. The summed E-state index contributed by atoms with van der Waals surface area (Å²) in [5.74, 6) is 0. The van der Waals surface area contributed by atoms with E-state index in [1.54, 1.807) is 17.5 Å². The number of nitrogens with zero attached hydrogens (tertiary/aromatic N) is 2. The summed E-state index contributed by atoms with van der Waals surface area (Å²) < 4.78 is 3.77. The molecule has 0 aliphatic rings.